The van der Waals surface area contributed by atoms with Gasteiger partial charge in [0, 0.05) is 6.54 Å². The molecule has 1 N–H and O–H groups in total. The van der Waals surface area contributed by atoms with Crippen molar-refractivity contribution in [2.75, 3.05) is 13.2 Å². The predicted octanol–water partition coefficient (Wildman–Crippen LogP) is 1.69. The topological polar surface area (TPSA) is 67.9 Å². The molecule has 2 fully saturated rings. The average molecular weight is 318 g/mol. The number of hydrogen-bond donors (Lipinski definition) is 1. The number of alkyl carbamates (subject to hydrolysis) is 1. The lowest BCUT2D eigenvalue weighted by Gasteiger charge is -2.30. The van der Waals surface area contributed by atoms with E-state index in [0.29, 0.717) is 19.6 Å². The van der Waals surface area contributed by atoms with E-state index in [1.54, 1.807) is 0 Å². The maximum absolute atomic E-state index is 12.6. The number of carbonyl (C=O) groups is 2. The molecule has 2 aliphatic heterocycles. The van der Waals surface area contributed by atoms with Crippen LogP contribution in [0.15, 0.2) is 30.3 Å². The molecule has 124 valence electrons. The highest BCUT2D eigenvalue weighted by Gasteiger charge is 2.43. The molecule has 0 aliphatic carbocycles. The van der Waals surface area contributed by atoms with Crippen LogP contribution in [-0.2, 0) is 20.9 Å². The van der Waals surface area contributed by atoms with Crippen LogP contribution < -0.4 is 5.32 Å². The van der Waals surface area contributed by atoms with Gasteiger partial charge in [-0.3, -0.25) is 4.79 Å². The van der Waals surface area contributed by atoms with E-state index < -0.39 is 12.1 Å². The Labute approximate surface area is 135 Å². The molecule has 0 aromatic heterocycles. The first-order valence-electron chi connectivity index (χ1n) is 8.06. The van der Waals surface area contributed by atoms with Crippen LogP contribution in [-0.4, -0.2) is 48.2 Å². The van der Waals surface area contributed by atoms with E-state index >= 15 is 0 Å². The van der Waals surface area contributed by atoms with Crippen LogP contribution >= 0.6 is 0 Å². The van der Waals surface area contributed by atoms with Gasteiger partial charge in [-0.25, -0.2) is 4.79 Å². The van der Waals surface area contributed by atoms with Gasteiger partial charge in [0.25, 0.3) is 0 Å². The molecule has 23 heavy (non-hydrogen) atoms. The van der Waals surface area contributed by atoms with Gasteiger partial charge in [-0.15, -0.1) is 0 Å². The lowest BCUT2D eigenvalue weighted by atomic mass is 10.2. The number of morpholine rings is 1. The fraction of sp³-hybridized carbons (Fsp3) is 0.529. The van der Waals surface area contributed by atoms with E-state index in [4.69, 9.17) is 9.47 Å². The van der Waals surface area contributed by atoms with Crippen molar-refractivity contribution in [3.8, 4) is 0 Å². The fourth-order valence-corrected chi connectivity index (χ4v) is 3.12. The van der Waals surface area contributed by atoms with Crippen LogP contribution in [0, 0.1) is 0 Å². The molecule has 2 aliphatic rings. The minimum absolute atomic E-state index is 0.0417. The molecule has 1 aromatic rings. The number of hydrogen-bond acceptors (Lipinski definition) is 4. The van der Waals surface area contributed by atoms with Crippen molar-refractivity contribution >= 4 is 12.0 Å². The first-order valence-corrected chi connectivity index (χ1v) is 8.06. The molecule has 3 atom stereocenters. The fourth-order valence-electron chi connectivity index (χ4n) is 3.12. The zero-order valence-corrected chi connectivity index (χ0v) is 13.2. The van der Waals surface area contributed by atoms with Crippen LogP contribution in [0.1, 0.15) is 25.3 Å². The predicted molar refractivity (Wildman–Crippen MR) is 83.7 cm³/mol. The van der Waals surface area contributed by atoms with E-state index in [2.05, 4.69) is 5.32 Å². The van der Waals surface area contributed by atoms with E-state index in [-0.39, 0.29) is 24.7 Å². The summed E-state index contributed by atoms with van der Waals surface area (Å²) in [5.74, 6) is -0.0417. The molecule has 0 spiro atoms. The number of amides is 2. The zero-order chi connectivity index (χ0) is 16.2. The SMILES string of the molecule is CC[C@H](NC(=O)OCc1ccccc1)C(=O)N1C[C@@H]2C[C@H]1CO2. The largest absolute Gasteiger partial charge is 0.445 e. The number of rotatable bonds is 5. The summed E-state index contributed by atoms with van der Waals surface area (Å²) in [6, 6.07) is 9.07. The van der Waals surface area contributed by atoms with Gasteiger partial charge >= 0.3 is 6.09 Å². The molecule has 2 bridgehead atoms. The van der Waals surface area contributed by atoms with E-state index in [1.165, 1.54) is 0 Å². The lowest BCUT2D eigenvalue weighted by Crippen LogP contribution is -2.52. The number of benzene rings is 1. The van der Waals surface area contributed by atoms with E-state index in [0.717, 1.165) is 12.0 Å². The Morgan fingerprint density at radius 2 is 2.17 bits per heavy atom. The van der Waals surface area contributed by atoms with Crippen molar-refractivity contribution in [1.82, 2.24) is 10.2 Å². The molecule has 2 heterocycles. The Kier molecular flexibility index (Phi) is 4.81. The molecule has 0 saturated carbocycles. The number of carbonyl (C=O) groups excluding carboxylic acids is 2. The summed E-state index contributed by atoms with van der Waals surface area (Å²) in [4.78, 5) is 26.3. The highest BCUT2D eigenvalue weighted by atomic mass is 16.5. The lowest BCUT2D eigenvalue weighted by molar-refractivity contribution is -0.137. The number of likely N-dealkylation sites (tertiary alicyclic amines) is 1. The van der Waals surface area contributed by atoms with Crippen molar-refractivity contribution < 1.29 is 19.1 Å². The summed E-state index contributed by atoms with van der Waals surface area (Å²) in [6.45, 7) is 3.30. The Balaban J connectivity index is 1.50. The second-order valence-electron chi connectivity index (χ2n) is 6.00. The summed E-state index contributed by atoms with van der Waals surface area (Å²) in [7, 11) is 0. The summed E-state index contributed by atoms with van der Waals surface area (Å²) in [5, 5.41) is 2.68. The summed E-state index contributed by atoms with van der Waals surface area (Å²) in [5.41, 5.74) is 0.913. The van der Waals surface area contributed by atoms with Gasteiger partial charge in [0.1, 0.15) is 12.6 Å². The van der Waals surface area contributed by atoms with Crippen LogP contribution in [0.2, 0.25) is 0 Å². The Morgan fingerprint density at radius 1 is 1.39 bits per heavy atom. The summed E-state index contributed by atoms with van der Waals surface area (Å²) >= 11 is 0. The van der Waals surface area contributed by atoms with Gasteiger partial charge in [0.05, 0.1) is 18.8 Å². The third-order valence-corrected chi connectivity index (χ3v) is 4.39. The Morgan fingerprint density at radius 3 is 2.78 bits per heavy atom. The number of ether oxygens (including phenoxy) is 2. The van der Waals surface area contributed by atoms with Gasteiger partial charge in [0.2, 0.25) is 5.91 Å². The molecule has 6 nitrogen and oxygen atoms in total. The van der Waals surface area contributed by atoms with Crippen molar-refractivity contribution in [2.45, 2.75) is 44.6 Å². The number of nitrogens with one attached hydrogen (secondary N) is 1. The quantitative estimate of drug-likeness (QED) is 0.897. The smallest absolute Gasteiger partial charge is 0.408 e. The molecule has 0 unspecified atom stereocenters. The molecule has 0 radical (unpaired) electrons. The molecular formula is C17H22N2O4. The van der Waals surface area contributed by atoms with Crippen LogP contribution in [0.25, 0.3) is 0 Å². The zero-order valence-electron chi connectivity index (χ0n) is 13.2. The summed E-state index contributed by atoms with van der Waals surface area (Å²) in [6.07, 6.45) is 1.04. The molecule has 1 aromatic carbocycles. The second-order valence-corrected chi connectivity index (χ2v) is 6.00. The second kappa shape index (κ2) is 7.00. The number of nitrogens with zero attached hydrogens (tertiary/aromatic N) is 1. The number of fused-ring (bicyclic) bond motifs is 2. The van der Waals surface area contributed by atoms with Crippen molar-refractivity contribution in [2.24, 2.45) is 0 Å². The van der Waals surface area contributed by atoms with Crippen LogP contribution in [0.3, 0.4) is 0 Å². The van der Waals surface area contributed by atoms with Gasteiger partial charge in [-0.2, -0.15) is 0 Å². The maximum atomic E-state index is 12.6. The molecule has 3 rings (SSSR count). The minimum atomic E-state index is -0.561. The standard InChI is InChI=1S/C17H22N2O4/c1-2-15(16(20)19-9-14-8-13(19)11-22-14)18-17(21)23-10-12-6-4-3-5-7-12/h3-7,13-15H,2,8-11H2,1H3,(H,18,21)/t13-,14-,15-/m0/s1. The first-order chi connectivity index (χ1) is 11.2. The molecular weight excluding hydrogens is 296 g/mol. The van der Waals surface area contributed by atoms with Crippen molar-refractivity contribution in [1.29, 1.82) is 0 Å². The average Bonchev–Trinajstić information content (AvgIpc) is 3.21. The highest BCUT2D eigenvalue weighted by molar-refractivity contribution is 5.86. The van der Waals surface area contributed by atoms with Crippen LogP contribution in [0.5, 0.6) is 0 Å². The Hall–Kier alpha value is -2.08. The molecule has 2 saturated heterocycles. The summed E-state index contributed by atoms with van der Waals surface area (Å²) < 4.78 is 10.7. The molecule has 2 amide bonds. The van der Waals surface area contributed by atoms with Crippen molar-refractivity contribution in [3.05, 3.63) is 35.9 Å². The van der Waals surface area contributed by atoms with Gasteiger partial charge in [-0.05, 0) is 18.4 Å². The van der Waals surface area contributed by atoms with E-state index in [1.807, 2.05) is 42.2 Å². The van der Waals surface area contributed by atoms with E-state index in [9.17, 15) is 9.59 Å². The third-order valence-electron chi connectivity index (χ3n) is 4.39. The van der Waals surface area contributed by atoms with Crippen molar-refractivity contribution in [3.63, 3.8) is 0 Å². The van der Waals surface area contributed by atoms with Gasteiger partial charge in [0.15, 0.2) is 0 Å². The minimum Gasteiger partial charge on any atom is -0.445 e. The molecule has 6 heteroatoms. The van der Waals surface area contributed by atoms with Crippen LogP contribution in [0.4, 0.5) is 4.79 Å². The third kappa shape index (κ3) is 3.64. The van der Waals surface area contributed by atoms with Gasteiger partial charge < -0.3 is 19.7 Å². The normalized spacial score (nSPS) is 23.6. The van der Waals surface area contributed by atoms with Gasteiger partial charge in [-0.1, -0.05) is 37.3 Å². The Bertz CT molecular complexity index is 563. The monoisotopic (exact) mass is 318 g/mol. The maximum Gasteiger partial charge on any atom is 0.408 e. The first kappa shape index (κ1) is 15.8. The highest BCUT2D eigenvalue weighted by Crippen LogP contribution is 2.28.